The van der Waals surface area contributed by atoms with Gasteiger partial charge in [-0.05, 0) is 19.3 Å². The van der Waals surface area contributed by atoms with Crippen LogP contribution in [0.2, 0.25) is 0 Å². The van der Waals surface area contributed by atoms with E-state index in [4.69, 9.17) is 0 Å². The zero-order chi connectivity index (χ0) is 10.8. The van der Waals surface area contributed by atoms with Crippen molar-refractivity contribution in [2.24, 2.45) is 0 Å². The van der Waals surface area contributed by atoms with Gasteiger partial charge < -0.3 is 4.74 Å². The molecule has 0 bridgehead atoms. The van der Waals surface area contributed by atoms with E-state index in [1.807, 2.05) is 6.08 Å². The van der Waals surface area contributed by atoms with Crippen molar-refractivity contribution in [2.75, 3.05) is 7.11 Å². The highest BCUT2D eigenvalue weighted by molar-refractivity contribution is 5.79. The molecule has 0 aliphatic heterocycles. The zero-order valence-corrected chi connectivity index (χ0v) is 8.75. The van der Waals surface area contributed by atoms with Crippen LogP contribution in [0.4, 0.5) is 0 Å². The van der Waals surface area contributed by atoms with Crippen LogP contribution in [-0.4, -0.2) is 18.9 Å². The number of rotatable bonds is 8. The summed E-state index contributed by atoms with van der Waals surface area (Å²) in [7, 11) is 1.36. The van der Waals surface area contributed by atoms with Crippen LogP contribution >= 0.6 is 0 Å². The Morgan fingerprint density at radius 3 is 2.43 bits per heavy atom. The third kappa shape index (κ3) is 7.53. The number of methoxy groups -OCH3 is 1. The van der Waals surface area contributed by atoms with Crippen molar-refractivity contribution in [1.29, 1.82) is 0 Å². The van der Waals surface area contributed by atoms with Gasteiger partial charge in [0.15, 0.2) is 0 Å². The van der Waals surface area contributed by atoms with E-state index in [1.165, 1.54) is 7.11 Å². The number of hydrogen-bond donors (Lipinski definition) is 0. The molecular weight excluding hydrogens is 180 g/mol. The predicted molar refractivity (Wildman–Crippen MR) is 54.9 cm³/mol. The third-order valence-corrected chi connectivity index (χ3v) is 1.93. The van der Waals surface area contributed by atoms with Gasteiger partial charge in [-0.15, -0.1) is 6.58 Å². The molecule has 0 radical (unpaired) electrons. The number of ether oxygens (including phenoxy) is 1. The van der Waals surface area contributed by atoms with E-state index in [0.29, 0.717) is 25.7 Å². The molecule has 0 saturated heterocycles. The van der Waals surface area contributed by atoms with E-state index >= 15 is 0 Å². The van der Waals surface area contributed by atoms with Gasteiger partial charge in [-0.2, -0.15) is 0 Å². The van der Waals surface area contributed by atoms with Crippen LogP contribution in [0.3, 0.4) is 0 Å². The number of ketones is 1. The highest BCUT2D eigenvalue weighted by atomic mass is 16.5. The molecule has 0 rings (SSSR count). The zero-order valence-electron chi connectivity index (χ0n) is 8.75. The molecule has 0 N–H and O–H groups in total. The lowest BCUT2D eigenvalue weighted by Crippen LogP contribution is -2.03. The molecule has 80 valence electrons. The van der Waals surface area contributed by atoms with Gasteiger partial charge in [0.05, 0.1) is 7.11 Å². The first-order valence-electron chi connectivity index (χ1n) is 4.90. The minimum atomic E-state index is -0.246. The maximum Gasteiger partial charge on any atom is 0.305 e. The van der Waals surface area contributed by atoms with E-state index in [1.54, 1.807) is 0 Å². The first-order valence-corrected chi connectivity index (χ1v) is 4.90. The molecule has 0 atom stereocenters. The Labute approximate surface area is 85.1 Å². The molecule has 0 saturated carbocycles. The van der Waals surface area contributed by atoms with E-state index in [9.17, 15) is 9.59 Å². The van der Waals surface area contributed by atoms with Crippen molar-refractivity contribution in [1.82, 2.24) is 0 Å². The Bertz CT molecular complexity index is 197. The second-order valence-electron chi connectivity index (χ2n) is 3.15. The largest absolute Gasteiger partial charge is 0.469 e. The average molecular weight is 198 g/mol. The van der Waals surface area contributed by atoms with Gasteiger partial charge in [-0.3, -0.25) is 9.59 Å². The fraction of sp³-hybridized carbons (Fsp3) is 0.636. The molecule has 14 heavy (non-hydrogen) atoms. The second-order valence-corrected chi connectivity index (χ2v) is 3.15. The van der Waals surface area contributed by atoms with Crippen LogP contribution in [0.25, 0.3) is 0 Å². The molecule has 0 aromatic rings. The minimum absolute atomic E-state index is 0.218. The van der Waals surface area contributed by atoms with Gasteiger partial charge in [0, 0.05) is 19.3 Å². The highest BCUT2D eigenvalue weighted by Gasteiger charge is 2.04. The van der Waals surface area contributed by atoms with Gasteiger partial charge in [0.1, 0.15) is 5.78 Å². The molecule has 0 unspecified atom stereocenters. The van der Waals surface area contributed by atoms with Crippen molar-refractivity contribution in [3.63, 3.8) is 0 Å². The summed E-state index contributed by atoms with van der Waals surface area (Å²) < 4.78 is 4.47. The Hall–Kier alpha value is -1.12. The Kier molecular flexibility index (Phi) is 7.80. The molecule has 0 heterocycles. The molecule has 0 fully saturated rings. The van der Waals surface area contributed by atoms with Gasteiger partial charge in [0.25, 0.3) is 0 Å². The molecular formula is C11H18O3. The summed E-state index contributed by atoms with van der Waals surface area (Å²) in [6.07, 6.45) is 5.55. The molecule has 0 aromatic heterocycles. The van der Waals surface area contributed by atoms with Gasteiger partial charge in [-0.25, -0.2) is 0 Å². The summed E-state index contributed by atoms with van der Waals surface area (Å²) >= 11 is 0. The molecule has 0 amide bonds. The van der Waals surface area contributed by atoms with E-state index in [2.05, 4.69) is 11.3 Å². The molecule has 0 aromatic carbocycles. The van der Waals surface area contributed by atoms with Crippen LogP contribution < -0.4 is 0 Å². The monoisotopic (exact) mass is 198 g/mol. The van der Waals surface area contributed by atoms with Crippen LogP contribution in [-0.2, 0) is 14.3 Å². The number of allylic oxidation sites excluding steroid dienone is 1. The quantitative estimate of drug-likeness (QED) is 0.341. The molecule has 0 aliphatic carbocycles. The summed E-state index contributed by atoms with van der Waals surface area (Å²) in [5.74, 6) is -0.0281. The maximum atomic E-state index is 11.2. The second kappa shape index (κ2) is 8.48. The van der Waals surface area contributed by atoms with E-state index in [0.717, 1.165) is 12.8 Å². The summed E-state index contributed by atoms with van der Waals surface area (Å²) in [6, 6.07) is 0. The number of hydrogen-bond acceptors (Lipinski definition) is 3. The third-order valence-electron chi connectivity index (χ3n) is 1.93. The first-order chi connectivity index (χ1) is 6.70. The lowest BCUT2D eigenvalue weighted by Gasteiger charge is -1.99. The van der Waals surface area contributed by atoms with Gasteiger partial charge >= 0.3 is 5.97 Å². The fourth-order valence-corrected chi connectivity index (χ4v) is 1.10. The molecule has 0 aliphatic rings. The number of esters is 1. The molecule has 0 spiro atoms. The predicted octanol–water partition coefficient (Wildman–Crippen LogP) is 2.26. The van der Waals surface area contributed by atoms with Crippen molar-refractivity contribution in [3.05, 3.63) is 12.7 Å². The van der Waals surface area contributed by atoms with Crippen LogP contribution in [0.15, 0.2) is 12.7 Å². The highest BCUT2D eigenvalue weighted by Crippen LogP contribution is 2.04. The number of Topliss-reactive ketones (excluding diaryl/α,β-unsaturated/α-hetero) is 1. The van der Waals surface area contributed by atoms with Crippen LogP contribution in [0, 0.1) is 0 Å². The number of carbonyl (C=O) groups excluding carboxylic acids is 2. The SMILES string of the molecule is C=CCCCC(=O)CCCC(=O)OC. The standard InChI is InChI=1S/C11H18O3/c1-3-4-5-7-10(12)8-6-9-11(13)14-2/h3H,1,4-9H2,2H3. The van der Waals surface area contributed by atoms with Crippen molar-refractivity contribution >= 4 is 11.8 Å². The van der Waals surface area contributed by atoms with Crippen molar-refractivity contribution in [3.8, 4) is 0 Å². The Balaban J connectivity index is 3.35. The van der Waals surface area contributed by atoms with E-state index < -0.39 is 0 Å². The van der Waals surface area contributed by atoms with E-state index in [-0.39, 0.29) is 11.8 Å². The summed E-state index contributed by atoms with van der Waals surface area (Å²) in [5, 5.41) is 0. The fourth-order valence-electron chi connectivity index (χ4n) is 1.10. The smallest absolute Gasteiger partial charge is 0.305 e. The Morgan fingerprint density at radius 2 is 1.86 bits per heavy atom. The summed E-state index contributed by atoms with van der Waals surface area (Å²) in [6.45, 7) is 3.58. The average Bonchev–Trinajstić information content (AvgIpc) is 2.18. The minimum Gasteiger partial charge on any atom is -0.469 e. The van der Waals surface area contributed by atoms with Crippen molar-refractivity contribution in [2.45, 2.75) is 38.5 Å². The van der Waals surface area contributed by atoms with Crippen molar-refractivity contribution < 1.29 is 14.3 Å². The summed E-state index contributed by atoms with van der Waals surface area (Å²) in [4.78, 5) is 21.9. The number of unbranched alkanes of at least 4 members (excludes halogenated alkanes) is 1. The first kappa shape index (κ1) is 12.9. The maximum absolute atomic E-state index is 11.2. The number of carbonyl (C=O) groups is 2. The Morgan fingerprint density at radius 1 is 1.21 bits per heavy atom. The lowest BCUT2D eigenvalue weighted by molar-refractivity contribution is -0.140. The normalized spacial score (nSPS) is 9.50. The molecule has 3 nitrogen and oxygen atoms in total. The topological polar surface area (TPSA) is 43.4 Å². The van der Waals surface area contributed by atoms with Crippen LogP contribution in [0.1, 0.15) is 38.5 Å². The lowest BCUT2D eigenvalue weighted by atomic mass is 10.1. The van der Waals surface area contributed by atoms with Gasteiger partial charge in [-0.1, -0.05) is 6.08 Å². The summed E-state index contributed by atoms with van der Waals surface area (Å²) in [5.41, 5.74) is 0. The van der Waals surface area contributed by atoms with Crippen LogP contribution in [0.5, 0.6) is 0 Å². The molecule has 3 heteroatoms. The van der Waals surface area contributed by atoms with Gasteiger partial charge in [0.2, 0.25) is 0 Å².